The average molecular weight is 481 g/mol. The number of hydrogen-bond donors (Lipinski definition) is 5. The van der Waals surface area contributed by atoms with Gasteiger partial charge in [-0.2, -0.15) is 0 Å². The van der Waals surface area contributed by atoms with E-state index in [9.17, 15) is 29.3 Å². The molecule has 0 saturated heterocycles. The summed E-state index contributed by atoms with van der Waals surface area (Å²) in [6, 6.07) is 2.91. The van der Waals surface area contributed by atoms with Gasteiger partial charge in [-0.05, 0) is 31.5 Å². The molecule has 32 heavy (non-hydrogen) atoms. The zero-order chi connectivity index (χ0) is 23.9. The van der Waals surface area contributed by atoms with Crippen molar-refractivity contribution in [3.05, 3.63) is 84.8 Å². The van der Waals surface area contributed by atoms with Crippen LogP contribution in [-0.4, -0.2) is 24.9 Å². The summed E-state index contributed by atoms with van der Waals surface area (Å²) < 4.78 is 0. The van der Waals surface area contributed by atoms with Crippen LogP contribution in [-0.2, 0) is 0 Å². The van der Waals surface area contributed by atoms with Crippen LogP contribution in [0.2, 0.25) is 10.0 Å². The lowest BCUT2D eigenvalue weighted by atomic mass is 10.1. The monoisotopic (exact) mass is 480 g/mol. The zero-order valence-electron chi connectivity index (χ0n) is 16.4. The molecule has 6 N–H and O–H groups in total. The van der Waals surface area contributed by atoms with E-state index in [0.29, 0.717) is 27.3 Å². The summed E-state index contributed by atoms with van der Waals surface area (Å²) >= 11 is 11.7. The van der Waals surface area contributed by atoms with Crippen LogP contribution < -0.4 is 28.0 Å². The number of halogens is 2. The van der Waals surface area contributed by atoms with Gasteiger partial charge in [-0.3, -0.25) is 29.3 Å². The van der Waals surface area contributed by atoms with Crippen LogP contribution >= 0.6 is 23.2 Å². The van der Waals surface area contributed by atoms with Gasteiger partial charge in [0.25, 0.3) is 5.69 Å². The maximum absolute atomic E-state index is 11.1. The zero-order valence-corrected chi connectivity index (χ0v) is 17.9. The molecule has 0 saturated carbocycles. The Morgan fingerprint density at radius 3 is 1.69 bits per heavy atom. The fraction of sp³-hybridized carbons (Fsp3) is 0.111. The van der Waals surface area contributed by atoms with Gasteiger partial charge >= 0.3 is 22.2 Å². The summed E-state index contributed by atoms with van der Waals surface area (Å²) in [5, 5.41) is 11.5. The van der Waals surface area contributed by atoms with E-state index in [2.05, 4.69) is 19.9 Å². The molecule has 4 rings (SSSR count). The number of rotatable bonds is 1. The molecule has 4 aromatic rings. The van der Waals surface area contributed by atoms with Crippen molar-refractivity contribution in [1.29, 1.82) is 0 Å². The molecule has 0 aliphatic heterocycles. The predicted molar refractivity (Wildman–Crippen MR) is 121 cm³/mol. The molecule has 0 spiro atoms. The fourth-order valence-electron chi connectivity index (χ4n) is 2.89. The van der Waals surface area contributed by atoms with Crippen molar-refractivity contribution in [2.45, 2.75) is 13.8 Å². The number of nitro groups is 1. The van der Waals surface area contributed by atoms with Crippen LogP contribution in [0.25, 0.3) is 22.1 Å². The Labute approximate surface area is 186 Å². The summed E-state index contributed by atoms with van der Waals surface area (Å²) in [4.78, 5) is 63.9. The van der Waals surface area contributed by atoms with Crippen molar-refractivity contribution in [3.8, 4) is 0 Å². The van der Waals surface area contributed by atoms with E-state index in [1.54, 1.807) is 13.0 Å². The third-order valence-electron chi connectivity index (χ3n) is 4.63. The van der Waals surface area contributed by atoms with Gasteiger partial charge in [0.05, 0.1) is 32.2 Å². The highest BCUT2D eigenvalue weighted by atomic mass is 35.5. The van der Waals surface area contributed by atoms with Gasteiger partial charge in [-0.25, -0.2) is 0 Å². The highest BCUT2D eigenvalue weighted by Crippen LogP contribution is 2.31. The number of fused-ring (bicyclic) bond motifs is 2. The summed E-state index contributed by atoms with van der Waals surface area (Å²) in [5.41, 5.74) is 4.35. The first-order valence-electron chi connectivity index (χ1n) is 8.73. The van der Waals surface area contributed by atoms with Crippen LogP contribution in [0.3, 0.4) is 0 Å². The third kappa shape index (κ3) is 4.00. The lowest BCUT2D eigenvalue weighted by Gasteiger charge is -2.06. The number of nitrogens with two attached hydrogens (primary N) is 1. The standard InChI is InChI=1S/C9H6ClN3O4.C9H8ClN3O2/c1-3-4(10)2-5-6(7(3)13(16)17)12-9(15)8(14)11-5;1-3-4(10)2-5-7(6(3)11)13-9(15)8(14)12-5/h2H,1H3,(H,11,14)(H,12,15);2H,11H2,1H3,(H,12,14)(H,13,15). The highest BCUT2D eigenvalue weighted by Gasteiger charge is 2.20. The lowest BCUT2D eigenvalue weighted by molar-refractivity contribution is -0.383. The van der Waals surface area contributed by atoms with Crippen LogP contribution in [0.4, 0.5) is 11.4 Å². The molecule has 0 bridgehead atoms. The Bertz CT molecular complexity index is 1650. The molecule has 0 atom stereocenters. The first-order valence-corrected chi connectivity index (χ1v) is 9.48. The number of H-pyrrole nitrogens is 4. The number of hydrogen-bond acceptors (Lipinski definition) is 7. The molecule has 0 amide bonds. The smallest absolute Gasteiger partial charge is 0.314 e. The highest BCUT2D eigenvalue weighted by molar-refractivity contribution is 6.33. The second-order valence-corrected chi connectivity index (χ2v) is 7.46. The number of aromatic nitrogens is 4. The van der Waals surface area contributed by atoms with E-state index in [0.717, 1.165) is 0 Å². The van der Waals surface area contributed by atoms with E-state index in [1.807, 2.05) is 0 Å². The van der Waals surface area contributed by atoms with E-state index in [4.69, 9.17) is 28.9 Å². The van der Waals surface area contributed by atoms with Crippen molar-refractivity contribution in [2.75, 3.05) is 5.73 Å². The topological polar surface area (TPSA) is 201 Å². The second-order valence-electron chi connectivity index (χ2n) is 6.65. The van der Waals surface area contributed by atoms with E-state index in [1.165, 1.54) is 13.0 Å². The molecule has 12 nitrogen and oxygen atoms in total. The van der Waals surface area contributed by atoms with Crippen LogP contribution in [0.5, 0.6) is 0 Å². The average Bonchev–Trinajstić information content (AvgIpc) is 2.71. The molecule has 2 heterocycles. The molecular formula is C18H14Cl2N6O6. The molecule has 0 aliphatic carbocycles. The molecule has 166 valence electrons. The Balaban J connectivity index is 0.000000182. The number of aromatic amines is 4. The quantitative estimate of drug-likeness (QED) is 0.118. The first kappa shape index (κ1) is 22.8. The Hall–Kier alpha value is -3.90. The normalized spacial score (nSPS) is 10.8. The summed E-state index contributed by atoms with van der Waals surface area (Å²) in [6.45, 7) is 3.20. The van der Waals surface area contributed by atoms with Gasteiger partial charge in [0.1, 0.15) is 5.52 Å². The molecule has 2 aromatic heterocycles. The molecule has 0 unspecified atom stereocenters. The SMILES string of the molecule is Cc1c(Cl)cc2[nH]c(=O)c(=O)[nH]c2c1N.Cc1c(Cl)cc2[nH]c(=O)c(=O)[nH]c2c1[N+](=O)[O-]. The van der Waals surface area contributed by atoms with Crippen molar-refractivity contribution >= 4 is 56.6 Å². The second kappa shape index (κ2) is 8.32. The number of anilines is 1. The minimum atomic E-state index is -0.942. The molecule has 2 aromatic carbocycles. The van der Waals surface area contributed by atoms with Crippen molar-refractivity contribution in [2.24, 2.45) is 0 Å². The van der Waals surface area contributed by atoms with Crippen LogP contribution in [0, 0.1) is 24.0 Å². The lowest BCUT2D eigenvalue weighted by Crippen LogP contribution is -2.29. The van der Waals surface area contributed by atoms with Gasteiger partial charge in [0.2, 0.25) is 0 Å². The number of nitro benzene ring substituents is 1. The maximum atomic E-state index is 11.1. The Kier molecular flexibility index (Phi) is 5.92. The van der Waals surface area contributed by atoms with Crippen molar-refractivity contribution in [1.82, 2.24) is 19.9 Å². The van der Waals surface area contributed by atoms with Gasteiger partial charge in [-0.15, -0.1) is 0 Å². The van der Waals surface area contributed by atoms with Gasteiger partial charge in [0.15, 0.2) is 0 Å². The van der Waals surface area contributed by atoms with E-state index in [-0.39, 0.29) is 27.3 Å². The summed E-state index contributed by atoms with van der Waals surface area (Å²) in [7, 11) is 0. The molecule has 14 heteroatoms. The Morgan fingerprint density at radius 2 is 1.19 bits per heavy atom. The van der Waals surface area contributed by atoms with Gasteiger partial charge in [0, 0.05) is 10.6 Å². The number of benzene rings is 2. The molecule has 0 fully saturated rings. The van der Waals surface area contributed by atoms with E-state index < -0.39 is 27.2 Å². The van der Waals surface area contributed by atoms with Crippen molar-refractivity contribution < 1.29 is 4.92 Å². The van der Waals surface area contributed by atoms with E-state index >= 15 is 0 Å². The van der Waals surface area contributed by atoms with Gasteiger partial charge < -0.3 is 25.7 Å². The first-order chi connectivity index (χ1) is 14.9. The number of nitrogen functional groups attached to an aromatic ring is 1. The van der Waals surface area contributed by atoms with Crippen LogP contribution in [0.15, 0.2) is 31.3 Å². The maximum Gasteiger partial charge on any atom is 0.314 e. The molecule has 0 radical (unpaired) electrons. The Morgan fingerprint density at radius 1 is 0.781 bits per heavy atom. The predicted octanol–water partition coefficient (Wildman–Crippen LogP) is 1.85. The third-order valence-corrected chi connectivity index (χ3v) is 5.42. The summed E-state index contributed by atoms with van der Waals surface area (Å²) in [5.74, 6) is 0. The minimum absolute atomic E-state index is 0.0403. The molecule has 0 aliphatic rings. The van der Waals surface area contributed by atoms with Crippen molar-refractivity contribution in [3.63, 3.8) is 0 Å². The number of nitrogens with zero attached hydrogens (tertiary/aromatic N) is 1. The number of nitrogens with one attached hydrogen (secondary N) is 4. The summed E-state index contributed by atoms with van der Waals surface area (Å²) in [6.07, 6.45) is 0. The fourth-order valence-corrected chi connectivity index (χ4v) is 3.30. The minimum Gasteiger partial charge on any atom is -0.397 e. The van der Waals surface area contributed by atoms with Gasteiger partial charge in [-0.1, -0.05) is 23.2 Å². The molecular weight excluding hydrogens is 467 g/mol. The van der Waals surface area contributed by atoms with Crippen LogP contribution in [0.1, 0.15) is 11.1 Å². The largest absolute Gasteiger partial charge is 0.397 e.